The molecule has 0 amide bonds. The molecular formula is C15H30N4O3S. The number of sulfone groups is 1. The number of hydrogen-bond acceptors (Lipinski definition) is 5. The van der Waals surface area contributed by atoms with Gasteiger partial charge in [-0.25, -0.2) is 8.42 Å². The molecule has 2 aliphatic heterocycles. The van der Waals surface area contributed by atoms with Gasteiger partial charge < -0.3 is 15.8 Å². The van der Waals surface area contributed by atoms with Gasteiger partial charge in [0.1, 0.15) is 0 Å². The Hall–Kier alpha value is -0.860. The van der Waals surface area contributed by atoms with Crippen LogP contribution >= 0.6 is 0 Å². The zero-order valence-corrected chi connectivity index (χ0v) is 15.1. The molecule has 2 fully saturated rings. The molecule has 2 heterocycles. The van der Waals surface area contributed by atoms with Crippen LogP contribution < -0.4 is 11.1 Å². The first-order valence-electron chi connectivity index (χ1n) is 8.43. The van der Waals surface area contributed by atoms with Gasteiger partial charge in [-0.15, -0.1) is 0 Å². The Labute approximate surface area is 139 Å². The predicted octanol–water partition coefficient (Wildman–Crippen LogP) is -0.0312. The van der Waals surface area contributed by atoms with Gasteiger partial charge in [0.25, 0.3) is 0 Å². The first-order chi connectivity index (χ1) is 10.9. The smallest absolute Gasteiger partial charge is 0.188 e. The number of nitrogens with zero attached hydrogens (tertiary/aromatic N) is 2. The van der Waals surface area contributed by atoms with E-state index in [1.165, 1.54) is 19.1 Å². The number of nitrogens with one attached hydrogen (secondary N) is 1. The number of likely N-dealkylation sites (tertiary alicyclic amines) is 1. The van der Waals surface area contributed by atoms with E-state index >= 15 is 0 Å². The van der Waals surface area contributed by atoms with Crippen LogP contribution in [0.4, 0.5) is 0 Å². The summed E-state index contributed by atoms with van der Waals surface area (Å²) in [5, 5.41) is 3.16. The second-order valence-electron chi connectivity index (χ2n) is 6.57. The molecule has 1 atom stereocenters. The number of likely N-dealkylation sites (N-methyl/N-ethyl adjacent to an activating group) is 1. The van der Waals surface area contributed by atoms with Crippen molar-refractivity contribution in [3.63, 3.8) is 0 Å². The molecule has 134 valence electrons. The van der Waals surface area contributed by atoms with Crippen LogP contribution in [0.5, 0.6) is 0 Å². The zero-order valence-electron chi connectivity index (χ0n) is 14.3. The normalized spacial score (nSPS) is 26.3. The fourth-order valence-electron chi connectivity index (χ4n) is 3.44. The van der Waals surface area contributed by atoms with Gasteiger partial charge in [-0.05, 0) is 38.8 Å². The Bertz CT molecular complexity index is 515. The van der Waals surface area contributed by atoms with E-state index < -0.39 is 14.6 Å². The highest BCUT2D eigenvalue weighted by Crippen LogP contribution is 2.29. The molecule has 1 unspecified atom stereocenters. The number of ether oxygens (including phenoxy) is 1. The van der Waals surface area contributed by atoms with Crippen LogP contribution in [0.25, 0.3) is 0 Å². The molecule has 0 aliphatic carbocycles. The third kappa shape index (κ3) is 4.58. The average molecular weight is 346 g/mol. The standard InChI is InChI=1S/C15H30N4O3S/c1-3-19-8-4-5-13(19)11-17-14(16)18-12-15(23(2,20)21)6-9-22-10-7-15/h13H,3-12H2,1-2H3,(H3,16,17,18). The summed E-state index contributed by atoms with van der Waals surface area (Å²) in [5.41, 5.74) is 5.95. The van der Waals surface area contributed by atoms with Crippen molar-refractivity contribution < 1.29 is 13.2 Å². The molecule has 2 saturated heterocycles. The van der Waals surface area contributed by atoms with E-state index in [0.29, 0.717) is 38.1 Å². The number of hydrogen-bond donors (Lipinski definition) is 2. The second kappa shape index (κ2) is 7.81. The van der Waals surface area contributed by atoms with E-state index in [1.807, 2.05) is 0 Å². The molecule has 0 aromatic rings. The molecule has 0 saturated carbocycles. The Morgan fingerprint density at radius 1 is 1.43 bits per heavy atom. The molecule has 7 nitrogen and oxygen atoms in total. The van der Waals surface area contributed by atoms with Crippen molar-refractivity contribution in [2.24, 2.45) is 10.7 Å². The molecule has 23 heavy (non-hydrogen) atoms. The van der Waals surface area contributed by atoms with Crippen molar-refractivity contribution in [3.05, 3.63) is 0 Å². The van der Waals surface area contributed by atoms with E-state index in [0.717, 1.165) is 19.6 Å². The summed E-state index contributed by atoms with van der Waals surface area (Å²) in [6.07, 6.45) is 4.63. The lowest BCUT2D eigenvalue weighted by Gasteiger charge is -2.34. The monoisotopic (exact) mass is 346 g/mol. The highest BCUT2D eigenvalue weighted by molar-refractivity contribution is 7.92. The van der Waals surface area contributed by atoms with Crippen LogP contribution in [0, 0.1) is 0 Å². The lowest BCUT2D eigenvalue weighted by Crippen LogP contribution is -2.47. The van der Waals surface area contributed by atoms with Crippen molar-refractivity contribution in [2.45, 2.75) is 43.4 Å². The minimum atomic E-state index is -3.21. The summed E-state index contributed by atoms with van der Waals surface area (Å²) in [6, 6.07) is 0.487. The Morgan fingerprint density at radius 3 is 2.74 bits per heavy atom. The first kappa shape index (κ1) is 18.5. The molecule has 3 N–H and O–H groups in total. The summed E-state index contributed by atoms with van der Waals surface area (Å²) in [4.78, 5) is 6.76. The maximum atomic E-state index is 12.2. The van der Waals surface area contributed by atoms with Crippen LogP contribution in [0.3, 0.4) is 0 Å². The van der Waals surface area contributed by atoms with Crippen molar-refractivity contribution in [3.8, 4) is 0 Å². The summed E-state index contributed by atoms with van der Waals surface area (Å²) in [6.45, 7) is 6.23. The minimum Gasteiger partial charge on any atom is -0.381 e. The number of guanidine groups is 1. The second-order valence-corrected chi connectivity index (χ2v) is 8.98. The van der Waals surface area contributed by atoms with Crippen molar-refractivity contribution >= 4 is 15.8 Å². The molecular weight excluding hydrogens is 316 g/mol. The van der Waals surface area contributed by atoms with Gasteiger partial charge in [-0.1, -0.05) is 6.92 Å². The predicted molar refractivity (Wildman–Crippen MR) is 92.4 cm³/mol. The lowest BCUT2D eigenvalue weighted by atomic mass is 9.99. The van der Waals surface area contributed by atoms with Crippen LogP contribution in [0.1, 0.15) is 32.6 Å². The highest BCUT2D eigenvalue weighted by atomic mass is 32.2. The van der Waals surface area contributed by atoms with Crippen molar-refractivity contribution in [1.82, 2.24) is 10.2 Å². The van der Waals surface area contributed by atoms with Crippen LogP contribution in [-0.4, -0.2) is 75.7 Å². The number of aliphatic imine (C=N–C) groups is 1. The maximum absolute atomic E-state index is 12.2. The Morgan fingerprint density at radius 2 is 2.13 bits per heavy atom. The van der Waals surface area contributed by atoms with Gasteiger partial charge in [0.05, 0.1) is 11.3 Å². The molecule has 2 rings (SSSR count). The molecule has 8 heteroatoms. The van der Waals surface area contributed by atoms with Crippen LogP contribution in [-0.2, 0) is 14.6 Å². The Balaban J connectivity index is 1.92. The largest absolute Gasteiger partial charge is 0.381 e. The Kier molecular flexibility index (Phi) is 6.27. The van der Waals surface area contributed by atoms with Gasteiger partial charge >= 0.3 is 0 Å². The van der Waals surface area contributed by atoms with Gasteiger partial charge in [-0.2, -0.15) is 0 Å². The summed E-state index contributed by atoms with van der Waals surface area (Å²) in [5.74, 6) is 0.336. The van der Waals surface area contributed by atoms with Gasteiger partial charge in [-0.3, -0.25) is 9.89 Å². The van der Waals surface area contributed by atoms with E-state index in [4.69, 9.17) is 10.5 Å². The number of nitrogens with two attached hydrogens (primary N) is 1. The molecule has 0 spiro atoms. The summed E-state index contributed by atoms with van der Waals surface area (Å²) in [7, 11) is -3.21. The van der Waals surface area contributed by atoms with E-state index in [1.54, 1.807) is 0 Å². The molecule has 0 aromatic heterocycles. The summed E-state index contributed by atoms with van der Waals surface area (Å²) >= 11 is 0. The van der Waals surface area contributed by atoms with E-state index in [9.17, 15) is 8.42 Å². The zero-order chi connectivity index (χ0) is 16.9. The highest BCUT2D eigenvalue weighted by Gasteiger charge is 2.42. The van der Waals surface area contributed by atoms with Crippen molar-refractivity contribution in [2.75, 3.05) is 45.6 Å². The fourth-order valence-corrected chi connectivity index (χ4v) is 4.65. The molecule has 0 aromatic carbocycles. The van der Waals surface area contributed by atoms with E-state index in [2.05, 4.69) is 22.1 Å². The maximum Gasteiger partial charge on any atom is 0.188 e. The molecule has 0 radical (unpaired) electrons. The minimum absolute atomic E-state index is 0.205. The third-order valence-corrected chi connectivity index (χ3v) is 7.26. The van der Waals surface area contributed by atoms with Crippen LogP contribution in [0.15, 0.2) is 4.99 Å². The molecule has 2 aliphatic rings. The quantitative estimate of drug-likeness (QED) is 0.518. The van der Waals surface area contributed by atoms with Gasteiger partial charge in [0.2, 0.25) is 0 Å². The summed E-state index contributed by atoms with van der Waals surface area (Å²) < 4.78 is 28.8. The molecule has 0 bridgehead atoms. The third-order valence-electron chi connectivity index (χ3n) is 5.15. The first-order valence-corrected chi connectivity index (χ1v) is 10.3. The van der Waals surface area contributed by atoms with Crippen LogP contribution in [0.2, 0.25) is 0 Å². The lowest BCUT2D eigenvalue weighted by molar-refractivity contribution is 0.0768. The SMILES string of the molecule is CCN1CCCC1CNC(N)=NCC1(S(C)(=O)=O)CCOCC1. The number of rotatable bonds is 6. The van der Waals surface area contributed by atoms with E-state index in [-0.39, 0.29) is 6.54 Å². The van der Waals surface area contributed by atoms with Gasteiger partial charge in [0, 0.05) is 32.1 Å². The average Bonchev–Trinajstić information content (AvgIpc) is 2.98. The van der Waals surface area contributed by atoms with Crippen molar-refractivity contribution in [1.29, 1.82) is 0 Å². The van der Waals surface area contributed by atoms with Gasteiger partial charge in [0.15, 0.2) is 15.8 Å². The fraction of sp³-hybridized carbons (Fsp3) is 0.933. The topological polar surface area (TPSA) is 97.0 Å².